The molecule has 2 fully saturated rings. The molecule has 0 spiro atoms. The first-order valence-electron chi connectivity index (χ1n) is 10.5. The Kier molecular flexibility index (Phi) is 4.28. The van der Waals surface area contributed by atoms with E-state index in [0.717, 1.165) is 0 Å². The number of fused-ring (bicyclic) bond motifs is 2. The van der Waals surface area contributed by atoms with Gasteiger partial charge in [0.25, 0.3) is 0 Å². The van der Waals surface area contributed by atoms with Crippen molar-refractivity contribution in [1.82, 2.24) is 24.6 Å². The Balaban J connectivity index is 1.65. The van der Waals surface area contributed by atoms with Gasteiger partial charge in [0.05, 0.1) is 41.8 Å². The summed E-state index contributed by atoms with van der Waals surface area (Å²) in [7, 11) is -3.54. The summed E-state index contributed by atoms with van der Waals surface area (Å²) in [5, 5.41) is 4.82. The molecular weight excluding hydrogens is 435 g/mol. The highest BCUT2D eigenvalue weighted by Crippen LogP contribution is 2.37. The number of hydrogen-bond acceptors (Lipinski definition) is 7. The Morgan fingerprint density at radius 1 is 1.25 bits per heavy atom. The number of halogens is 1. The first kappa shape index (κ1) is 19.6. The van der Waals surface area contributed by atoms with E-state index < -0.39 is 21.0 Å². The van der Waals surface area contributed by atoms with Crippen LogP contribution in [0.15, 0.2) is 35.6 Å². The van der Waals surface area contributed by atoms with Crippen molar-refractivity contribution < 1.29 is 17.5 Å². The Labute approximate surface area is 183 Å². The van der Waals surface area contributed by atoms with Crippen molar-refractivity contribution in [1.29, 1.82) is 0 Å². The lowest BCUT2D eigenvalue weighted by Gasteiger charge is -2.34. The number of nitrogens with one attached hydrogen (secondary N) is 1. The lowest BCUT2D eigenvalue weighted by atomic mass is 10.1. The number of hydrogen-bond donors (Lipinski definition) is 1. The molecule has 1 aliphatic heterocycles. The summed E-state index contributed by atoms with van der Waals surface area (Å²) in [6.07, 6.45) is 4.39. The van der Waals surface area contributed by atoms with Crippen molar-refractivity contribution in [2.75, 3.05) is 24.7 Å². The number of rotatable bonds is 4. The van der Waals surface area contributed by atoms with Gasteiger partial charge < -0.3 is 14.6 Å². The van der Waals surface area contributed by atoms with Crippen molar-refractivity contribution in [2.24, 2.45) is 0 Å². The topological polar surface area (TPSA) is 105 Å². The average Bonchev–Trinajstić information content (AvgIpc) is 3.39. The quantitative estimate of drug-likeness (QED) is 0.471. The number of anilines is 1. The normalized spacial score (nSPS) is 19.8. The maximum atomic E-state index is 15.0. The summed E-state index contributed by atoms with van der Waals surface area (Å²) in [5.74, 6) is -0.0731. The summed E-state index contributed by atoms with van der Waals surface area (Å²) in [5.41, 5.74) is 1.34. The lowest BCUT2D eigenvalue weighted by Crippen LogP contribution is -2.44. The van der Waals surface area contributed by atoms with Crippen molar-refractivity contribution in [2.45, 2.75) is 36.1 Å². The number of ether oxygens (including phenoxy) is 1. The van der Waals surface area contributed by atoms with Crippen molar-refractivity contribution in [3.8, 4) is 11.4 Å². The fraction of sp³-hybridized carbons (Fsp3) is 0.381. The Morgan fingerprint density at radius 2 is 2.09 bits per heavy atom. The fourth-order valence-corrected chi connectivity index (χ4v) is 6.03. The van der Waals surface area contributed by atoms with E-state index in [1.165, 1.54) is 10.7 Å². The molecule has 9 nitrogen and oxygen atoms in total. The highest BCUT2D eigenvalue weighted by Gasteiger charge is 2.39. The third kappa shape index (κ3) is 2.91. The standard InChI is InChI=1S/C21H21FN6O3S/c1-12-11-31-9-8-27(12)21-16-4-5-17(32(29,30)13-2-3-13)28(16)26-20(25-21)18-14-6-7-23-15(14)10-24-19(18)22/h4-7,10,12-13,23H,2-3,8-9,11H2,1H3/t12-/m1/s1. The maximum Gasteiger partial charge on any atom is 0.224 e. The third-order valence-corrected chi connectivity index (χ3v) is 8.38. The number of nitrogens with zero attached hydrogens (tertiary/aromatic N) is 5. The van der Waals surface area contributed by atoms with Gasteiger partial charge in [-0.15, -0.1) is 5.10 Å². The predicted molar refractivity (Wildman–Crippen MR) is 116 cm³/mol. The Hall–Kier alpha value is -3.05. The van der Waals surface area contributed by atoms with Gasteiger partial charge in [-0.25, -0.2) is 22.9 Å². The number of H-pyrrole nitrogens is 1. The van der Waals surface area contributed by atoms with Gasteiger partial charge in [-0.05, 0) is 38.0 Å². The molecule has 1 saturated carbocycles. The second-order valence-corrected chi connectivity index (χ2v) is 10.5. The second kappa shape index (κ2) is 6.97. The molecule has 2 aliphatic rings. The van der Waals surface area contributed by atoms with Gasteiger partial charge in [0, 0.05) is 18.1 Å². The summed E-state index contributed by atoms with van der Waals surface area (Å²) in [4.78, 5) is 13.7. The largest absolute Gasteiger partial charge is 0.377 e. The second-order valence-electron chi connectivity index (χ2n) is 8.32. The molecule has 0 unspecified atom stereocenters. The highest BCUT2D eigenvalue weighted by molar-refractivity contribution is 7.92. The van der Waals surface area contributed by atoms with Gasteiger partial charge >= 0.3 is 0 Å². The molecule has 1 aliphatic carbocycles. The molecule has 0 aromatic carbocycles. The van der Waals surface area contributed by atoms with E-state index in [9.17, 15) is 12.8 Å². The zero-order valence-electron chi connectivity index (χ0n) is 17.3. The van der Waals surface area contributed by atoms with Crippen LogP contribution >= 0.6 is 0 Å². The van der Waals surface area contributed by atoms with E-state index in [-0.39, 0.29) is 22.5 Å². The van der Waals surface area contributed by atoms with Gasteiger partial charge in [0.2, 0.25) is 5.95 Å². The van der Waals surface area contributed by atoms with Crippen LogP contribution in [-0.2, 0) is 14.6 Å². The summed E-state index contributed by atoms with van der Waals surface area (Å²) < 4.78 is 48.1. The number of aromatic amines is 1. The molecule has 4 aromatic heterocycles. The first-order valence-corrected chi connectivity index (χ1v) is 12.1. The predicted octanol–water partition coefficient (Wildman–Crippen LogP) is 2.57. The van der Waals surface area contributed by atoms with Crippen molar-refractivity contribution >= 4 is 32.1 Å². The number of pyridine rings is 1. The lowest BCUT2D eigenvalue weighted by molar-refractivity contribution is 0.0986. The Morgan fingerprint density at radius 3 is 2.88 bits per heavy atom. The van der Waals surface area contributed by atoms with Crippen LogP contribution in [0.4, 0.5) is 10.2 Å². The summed E-state index contributed by atoms with van der Waals surface area (Å²) in [6.45, 7) is 3.63. The molecule has 1 saturated heterocycles. The van der Waals surface area contributed by atoms with Gasteiger partial charge in [-0.3, -0.25) is 0 Å². The van der Waals surface area contributed by atoms with Crippen LogP contribution in [0.2, 0.25) is 0 Å². The SMILES string of the molecule is C[C@@H]1COCCN1c1nc(-c2c(F)ncc3[nH]ccc23)nn2c(S(=O)(=O)C3CC3)ccc12. The van der Waals surface area contributed by atoms with Crippen molar-refractivity contribution in [3.05, 3.63) is 36.5 Å². The van der Waals surface area contributed by atoms with E-state index in [2.05, 4.69) is 20.0 Å². The van der Waals surface area contributed by atoms with Crippen LogP contribution in [0.3, 0.4) is 0 Å². The Bertz CT molecular complexity index is 1460. The van der Waals surface area contributed by atoms with Crippen LogP contribution in [0.5, 0.6) is 0 Å². The smallest absolute Gasteiger partial charge is 0.224 e. The molecule has 4 aromatic rings. The molecule has 0 amide bonds. The zero-order valence-corrected chi connectivity index (χ0v) is 18.1. The molecule has 5 heterocycles. The number of aromatic nitrogens is 5. The summed E-state index contributed by atoms with van der Waals surface area (Å²) >= 11 is 0. The summed E-state index contributed by atoms with van der Waals surface area (Å²) in [6, 6.07) is 5.04. The molecule has 32 heavy (non-hydrogen) atoms. The molecular formula is C21H21FN6O3S. The van der Waals surface area contributed by atoms with Gasteiger partial charge in [0.15, 0.2) is 26.5 Å². The zero-order chi connectivity index (χ0) is 22.0. The molecule has 166 valence electrons. The van der Waals surface area contributed by atoms with Crippen LogP contribution in [-0.4, -0.2) is 64.0 Å². The van der Waals surface area contributed by atoms with E-state index in [0.29, 0.717) is 54.8 Å². The monoisotopic (exact) mass is 456 g/mol. The highest BCUT2D eigenvalue weighted by atomic mass is 32.2. The van der Waals surface area contributed by atoms with E-state index in [1.54, 1.807) is 24.4 Å². The minimum absolute atomic E-state index is 0.0136. The number of morpholine rings is 1. The molecule has 1 N–H and O–H groups in total. The van der Waals surface area contributed by atoms with E-state index in [4.69, 9.17) is 9.72 Å². The molecule has 0 radical (unpaired) electrons. The molecule has 11 heteroatoms. The number of sulfone groups is 1. The minimum Gasteiger partial charge on any atom is -0.377 e. The molecule has 0 bridgehead atoms. The van der Waals surface area contributed by atoms with Crippen LogP contribution in [0.25, 0.3) is 27.8 Å². The third-order valence-electron chi connectivity index (χ3n) is 6.14. The van der Waals surface area contributed by atoms with Gasteiger partial charge in [0.1, 0.15) is 5.52 Å². The van der Waals surface area contributed by atoms with Crippen LogP contribution in [0.1, 0.15) is 19.8 Å². The fourth-order valence-electron chi connectivity index (χ4n) is 4.30. The van der Waals surface area contributed by atoms with Crippen LogP contribution < -0.4 is 4.90 Å². The maximum absolute atomic E-state index is 15.0. The van der Waals surface area contributed by atoms with Gasteiger partial charge in [-0.2, -0.15) is 4.39 Å². The minimum atomic E-state index is -3.54. The average molecular weight is 457 g/mol. The molecule has 6 rings (SSSR count). The van der Waals surface area contributed by atoms with Crippen molar-refractivity contribution in [3.63, 3.8) is 0 Å². The molecule has 1 atom stereocenters. The first-order chi connectivity index (χ1) is 15.4. The van der Waals surface area contributed by atoms with Gasteiger partial charge in [-0.1, -0.05) is 0 Å². The van der Waals surface area contributed by atoms with Crippen LogP contribution in [0, 0.1) is 5.95 Å². The van der Waals surface area contributed by atoms with E-state index in [1.807, 2.05) is 6.92 Å². The van der Waals surface area contributed by atoms with E-state index >= 15 is 0 Å².